The van der Waals surface area contributed by atoms with Crippen molar-refractivity contribution in [2.75, 3.05) is 6.61 Å². The first-order valence-electron chi connectivity index (χ1n) is 10.6. The number of rotatable bonds is 17. The standard InChI is InChI=1S/C16H34O4S.C4H10/c1-2-3-4-5-6-7-8-9-10-11-12-13-14-15-16-20-21(17,18)19;1-3-4-2/h2-16H2,1H3,(H,17,18,19);3-4H2,1-2H3. The van der Waals surface area contributed by atoms with Gasteiger partial charge in [-0.2, -0.15) is 8.42 Å². The van der Waals surface area contributed by atoms with Crippen molar-refractivity contribution in [3.63, 3.8) is 0 Å². The van der Waals surface area contributed by atoms with Crippen molar-refractivity contribution >= 4 is 10.4 Å². The van der Waals surface area contributed by atoms with Crippen LogP contribution in [-0.4, -0.2) is 19.6 Å². The molecular formula is C20H44O4S. The van der Waals surface area contributed by atoms with Crippen LogP contribution in [-0.2, 0) is 14.6 Å². The fraction of sp³-hybridized carbons (Fsp3) is 1.00. The van der Waals surface area contributed by atoms with Crippen LogP contribution in [0.25, 0.3) is 0 Å². The molecule has 0 aliphatic heterocycles. The van der Waals surface area contributed by atoms with Gasteiger partial charge >= 0.3 is 10.4 Å². The Morgan fingerprint density at radius 3 is 1.16 bits per heavy atom. The van der Waals surface area contributed by atoms with E-state index in [0.29, 0.717) is 6.42 Å². The predicted molar refractivity (Wildman–Crippen MR) is 108 cm³/mol. The minimum atomic E-state index is -4.24. The summed E-state index contributed by atoms with van der Waals surface area (Å²) in [6.45, 7) is 6.71. The summed E-state index contributed by atoms with van der Waals surface area (Å²) in [6.07, 6.45) is 20.2. The van der Waals surface area contributed by atoms with Gasteiger partial charge < -0.3 is 0 Å². The zero-order chi connectivity index (χ0) is 19.2. The van der Waals surface area contributed by atoms with Crippen LogP contribution >= 0.6 is 0 Å². The van der Waals surface area contributed by atoms with Gasteiger partial charge in [0.05, 0.1) is 6.61 Å². The third kappa shape index (κ3) is 32.1. The van der Waals surface area contributed by atoms with Crippen LogP contribution in [0.5, 0.6) is 0 Å². The molecule has 0 aromatic heterocycles. The first kappa shape index (κ1) is 27.1. The molecule has 0 heterocycles. The summed E-state index contributed by atoms with van der Waals surface area (Å²) in [4.78, 5) is 0. The molecule has 0 atom stereocenters. The van der Waals surface area contributed by atoms with Crippen LogP contribution in [0.15, 0.2) is 0 Å². The Kier molecular flexibility index (Phi) is 23.7. The number of hydrogen-bond acceptors (Lipinski definition) is 3. The Morgan fingerprint density at radius 2 is 0.880 bits per heavy atom. The van der Waals surface area contributed by atoms with Gasteiger partial charge in [0.15, 0.2) is 0 Å². The monoisotopic (exact) mass is 380 g/mol. The molecule has 0 saturated carbocycles. The van der Waals surface area contributed by atoms with Crippen LogP contribution in [0.1, 0.15) is 124 Å². The summed E-state index contributed by atoms with van der Waals surface area (Å²) in [6, 6.07) is 0. The van der Waals surface area contributed by atoms with Crippen LogP contribution in [0, 0.1) is 0 Å². The van der Waals surface area contributed by atoms with Gasteiger partial charge in [0, 0.05) is 0 Å². The molecule has 5 heteroatoms. The number of hydrogen-bond donors (Lipinski definition) is 1. The summed E-state index contributed by atoms with van der Waals surface area (Å²) in [5.74, 6) is 0. The minimum Gasteiger partial charge on any atom is -0.264 e. The Bertz CT molecular complexity index is 327. The molecular weight excluding hydrogens is 336 g/mol. The molecule has 1 N–H and O–H groups in total. The van der Waals surface area contributed by atoms with E-state index in [4.69, 9.17) is 4.55 Å². The van der Waals surface area contributed by atoms with Crippen molar-refractivity contribution in [3.05, 3.63) is 0 Å². The molecule has 0 saturated heterocycles. The third-order valence-corrected chi connectivity index (χ3v) is 4.69. The fourth-order valence-corrected chi connectivity index (χ4v) is 2.79. The molecule has 4 nitrogen and oxygen atoms in total. The lowest BCUT2D eigenvalue weighted by atomic mass is 10.0. The molecule has 0 fully saturated rings. The van der Waals surface area contributed by atoms with Crippen LogP contribution in [0.3, 0.4) is 0 Å². The van der Waals surface area contributed by atoms with Crippen LogP contribution < -0.4 is 0 Å². The summed E-state index contributed by atoms with van der Waals surface area (Å²) < 4.78 is 33.2. The third-order valence-electron chi connectivity index (χ3n) is 4.23. The van der Waals surface area contributed by atoms with E-state index in [9.17, 15) is 8.42 Å². The van der Waals surface area contributed by atoms with Crippen molar-refractivity contribution in [2.45, 2.75) is 124 Å². The minimum absolute atomic E-state index is 0.0941. The largest absolute Gasteiger partial charge is 0.397 e. The van der Waals surface area contributed by atoms with E-state index in [1.165, 1.54) is 83.5 Å². The van der Waals surface area contributed by atoms with Crippen molar-refractivity contribution in [1.29, 1.82) is 0 Å². The van der Waals surface area contributed by atoms with Crippen molar-refractivity contribution < 1.29 is 17.2 Å². The summed E-state index contributed by atoms with van der Waals surface area (Å²) in [5.41, 5.74) is 0. The van der Waals surface area contributed by atoms with E-state index in [1.54, 1.807) is 0 Å². The Morgan fingerprint density at radius 1 is 0.560 bits per heavy atom. The molecule has 0 amide bonds. The highest BCUT2D eigenvalue weighted by molar-refractivity contribution is 7.80. The highest BCUT2D eigenvalue weighted by Gasteiger charge is 2.02. The van der Waals surface area contributed by atoms with Gasteiger partial charge in [-0.05, 0) is 6.42 Å². The molecule has 0 aliphatic rings. The maximum absolute atomic E-state index is 10.3. The molecule has 0 aromatic rings. The van der Waals surface area contributed by atoms with Gasteiger partial charge in [-0.15, -0.1) is 0 Å². The van der Waals surface area contributed by atoms with E-state index in [1.807, 2.05) is 0 Å². The van der Waals surface area contributed by atoms with Crippen molar-refractivity contribution in [2.24, 2.45) is 0 Å². The Balaban J connectivity index is 0. The molecule has 0 rings (SSSR count). The van der Waals surface area contributed by atoms with E-state index in [0.717, 1.165) is 12.8 Å². The molecule has 25 heavy (non-hydrogen) atoms. The van der Waals surface area contributed by atoms with Gasteiger partial charge in [-0.25, -0.2) is 4.18 Å². The van der Waals surface area contributed by atoms with Gasteiger partial charge in [-0.3, -0.25) is 4.55 Å². The summed E-state index contributed by atoms with van der Waals surface area (Å²) in [7, 11) is -4.24. The van der Waals surface area contributed by atoms with E-state index >= 15 is 0 Å². The normalized spacial score (nSPS) is 11.2. The lowest BCUT2D eigenvalue weighted by Crippen LogP contribution is -2.04. The molecule has 0 spiro atoms. The zero-order valence-corrected chi connectivity index (χ0v) is 17.9. The highest BCUT2D eigenvalue weighted by Crippen LogP contribution is 2.12. The molecule has 0 bridgehead atoms. The highest BCUT2D eigenvalue weighted by atomic mass is 32.3. The van der Waals surface area contributed by atoms with Gasteiger partial charge in [0.2, 0.25) is 0 Å². The SMILES string of the molecule is CCCC.CCCCCCCCCCCCCCCCOS(=O)(=O)O. The molecule has 0 unspecified atom stereocenters. The maximum Gasteiger partial charge on any atom is 0.397 e. The summed E-state index contributed by atoms with van der Waals surface area (Å²) >= 11 is 0. The average Bonchev–Trinajstić information content (AvgIpc) is 2.57. The topological polar surface area (TPSA) is 63.6 Å². The second-order valence-electron chi connectivity index (χ2n) is 6.85. The predicted octanol–water partition coefficient (Wildman–Crippen LogP) is 7.09. The quantitative estimate of drug-likeness (QED) is 0.216. The number of unbranched alkanes of at least 4 members (excludes halogenated alkanes) is 14. The first-order chi connectivity index (χ1) is 12.0. The Hall–Kier alpha value is -0.130. The average molecular weight is 381 g/mol. The first-order valence-corrected chi connectivity index (χ1v) is 12.0. The second-order valence-corrected chi connectivity index (χ2v) is 7.94. The molecule has 0 radical (unpaired) electrons. The smallest absolute Gasteiger partial charge is 0.264 e. The van der Waals surface area contributed by atoms with E-state index in [-0.39, 0.29) is 6.61 Å². The van der Waals surface area contributed by atoms with E-state index in [2.05, 4.69) is 25.0 Å². The van der Waals surface area contributed by atoms with E-state index < -0.39 is 10.4 Å². The van der Waals surface area contributed by atoms with Gasteiger partial charge in [0.25, 0.3) is 0 Å². The zero-order valence-electron chi connectivity index (χ0n) is 17.1. The van der Waals surface area contributed by atoms with Crippen molar-refractivity contribution in [3.8, 4) is 0 Å². The lowest BCUT2D eigenvalue weighted by Gasteiger charge is -2.03. The van der Waals surface area contributed by atoms with Gasteiger partial charge in [0.1, 0.15) is 0 Å². The maximum atomic E-state index is 10.3. The lowest BCUT2D eigenvalue weighted by molar-refractivity contribution is 0.261. The van der Waals surface area contributed by atoms with Crippen molar-refractivity contribution in [1.82, 2.24) is 0 Å². The molecule has 0 aliphatic carbocycles. The fourth-order valence-electron chi connectivity index (χ4n) is 2.46. The van der Waals surface area contributed by atoms with Crippen LogP contribution in [0.2, 0.25) is 0 Å². The van der Waals surface area contributed by atoms with Gasteiger partial charge in [-0.1, -0.05) is 117 Å². The molecule has 154 valence electrons. The Labute approximate surface area is 158 Å². The summed E-state index contributed by atoms with van der Waals surface area (Å²) in [5, 5.41) is 0. The van der Waals surface area contributed by atoms with Crippen LogP contribution in [0.4, 0.5) is 0 Å². The second kappa shape index (κ2) is 21.9. The molecule has 0 aromatic carbocycles.